The molecule has 88 valence electrons. The van der Waals surface area contributed by atoms with Crippen LogP contribution in [0.4, 0.5) is 0 Å². The summed E-state index contributed by atoms with van der Waals surface area (Å²) in [4.78, 5) is 11.6. The predicted molar refractivity (Wildman–Crippen MR) is 61.2 cm³/mol. The highest BCUT2D eigenvalue weighted by atomic mass is 79.9. The molecule has 5 nitrogen and oxygen atoms in total. The summed E-state index contributed by atoms with van der Waals surface area (Å²) in [6, 6.07) is 3.72. The van der Waals surface area contributed by atoms with Gasteiger partial charge >= 0.3 is 0 Å². The summed E-state index contributed by atoms with van der Waals surface area (Å²) in [5, 5.41) is 29.5. The van der Waals surface area contributed by atoms with Gasteiger partial charge in [0.05, 0.1) is 24.8 Å². The Labute approximate surface area is 101 Å². The number of aromatic hydroxyl groups is 1. The average Bonchev–Trinajstić information content (AvgIpc) is 2.25. The minimum atomic E-state index is -0.726. The van der Waals surface area contributed by atoms with Gasteiger partial charge in [-0.05, 0) is 18.2 Å². The summed E-state index contributed by atoms with van der Waals surface area (Å²) in [6.07, 6.45) is 0. The second-order valence-electron chi connectivity index (χ2n) is 3.20. The first kappa shape index (κ1) is 13.0. The fraction of sp³-hybridized carbons (Fsp3) is 0.300. The number of carbonyl (C=O) groups excluding carboxylic acids is 1. The Morgan fingerprint density at radius 2 is 2.00 bits per heavy atom. The molecule has 16 heavy (non-hydrogen) atoms. The van der Waals surface area contributed by atoms with Crippen LogP contribution in [0.1, 0.15) is 10.4 Å². The molecule has 0 saturated heterocycles. The van der Waals surface area contributed by atoms with Crippen molar-refractivity contribution >= 4 is 21.8 Å². The zero-order chi connectivity index (χ0) is 12.1. The first-order valence-electron chi connectivity index (χ1n) is 4.59. The number of halogens is 1. The average molecular weight is 290 g/mol. The molecule has 0 aliphatic rings. The molecule has 1 amide bonds. The summed E-state index contributed by atoms with van der Waals surface area (Å²) in [5.74, 6) is -0.709. The normalized spacial score (nSPS) is 10.5. The van der Waals surface area contributed by atoms with E-state index in [9.17, 15) is 9.90 Å². The molecule has 0 radical (unpaired) electrons. The molecule has 0 bridgehead atoms. The van der Waals surface area contributed by atoms with Crippen molar-refractivity contribution in [2.24, 2.45) is 0 Å². The lowest BCUT2D eigenvalue weighted by Crippen LogP contribution is -2.40. The molecule has 1 aromatic carbocycles. The molecule has 0 aliphatic heterocycles. The van der Waals surface area contributed by atoms with Gasteiger partial charge in [0.1, 0.15) is 5.75 Å². The van der Waals surface area contributed by atoms with E-state index in [0.717, 1.165) is 0 Å². The minimum absolute atomic E-state index is 0.0927. The first-order chi connectivity index (χ1) is 7.58. The fourth-order valence-electron chi connectivity index (χ4n) is 1.11. The lowest BCUT2D eigenvalue weighted by Gasteiger charge is -2.13. The van der Waals surface area contributed by atoms with Crippen molar-refractivity contribution in [1.29, 1.82) is 0 Å². The van der Waals surface area contributed by atoms with Gasteiger partial charge in [-0.2, -0.15) is 0 Å². The Balaban J connectivity index is 2.80. The van der Waals surface area contributed by atoms with Crippen LogP contribution in [-0.4, -0.2) is 40.5 Å². The van der Waals surface area contributed by atoms with Gasteiger partial charge in [-0.1, -0.05) is 15.9 Å². The summed E-state index contributed by atoms with van der Waals surface area (Å²) in [5.41, 5.74) is 0.0927. The maximum atomic E-state index is 11.6. The molecule has 6 heteroatoms. The molecule has 0 unspecified atom stereocenters. The number of phenols is 1. The molecule has 0 saturated carbocycles. The van der Waals surface area contributed by atoms with E-state index in [1.165, 1.54) is 12.1 Å². The second-order valence-corrected chi connectivity index (χ2v) is 4.11. The van der Waals surface area contributed by atoms with Gasteiger partial charge in [-0.15, -0.1) is 0 Å². The van der Waals surface area contributed by atoms with Gasteiger partial charge in [0.25, 0.3) is 5.91 Å². The van der Waals surface area contributed by atoms with Crippen LogP contribution in [0.25, 0.3) is 0 Å². The van der Waals surface area contributed by atoms with Crippen molar-refractivity contribution < 1.29 is 20.1 Å². The van der Waals surface area contributed by atoms with Crippen molar-refractivity contribution in [3.05, 3.63) is 28.2 Å². The zero-order valence-corrected chi connectivity index (χ0v) is 9.94. The maximum absolute atomic E-state index is 11.6. The lowest BCUT2D eigenvalue weighted by atomic mass is 10.2. The Morgan fingerprint density at radius 3 is 2.50 bits per heavy atom. The Bertz CT molecular complexity index is 379. The first-order valence-corrected chi connectivity index (χ1v) is 5.39. The third kappa shape index (κ3) is 3.19. The smallest absolute Gasteiger partial charge is 0.255 e. The predicted octanol–water partition coefficient (Wildman–Crippen LogP) is 0.238. The summed E-state index contributed by atoms with van der Waals surface area (Å²) < 4.78 is 0.655. The van der Waals surface area contributed by atoms with Gasteiger partial charge in [-0.3, -0.25) is 4.79 Å². The number of amides is 1. The highest BCUT2D eigenvalue weighted by molar-refractivity contribution is 9.10. The van der Waals surface area contributed by atoms with Gasteiger partial charge in [0.2, 0.25) is 0 Å². The number of benzene rings is 1. The van der Waals surface area contributed by atoms with Gasteiger partial charge < -0.3 is 20.6 Å². The number of carbonyl (C=O) groups is 1. The van der Waals surface area contributed by atoms with Crippen LogP contribution in [-0.2, 0) is 0 Å². The fourth-order valence-corrected chi connectivity index (χ4v) is 1.46. The molecule has 0 spiro atoms. The maximum Gasteiger partial charge on any atom is 0.255 e. The largest absolute Gasteiger partial charge is 0.507 e. The second kappa shape index (κ2) is 5.83. The number of hydrogen-bond donors (Lipinski definition) is 4. The third-order valence-corrected chi connectivity index (χ3v) is 2.47. The Hall–Kier alpha value is -1.11. The summed E-state index contributed by atoms with van der Waals surface area (Å²) >= 11 is 3.15. The topological polar surface area (TPSA) is 89.8 Å². The summed E-state index contributed by atoms with van der Waals surface area (Å²) in [7, 11) is 0. The van der Waals surface area contributed by atoms with Crippen molar-refractivity contribution in [1.82, 2.24) is 5.32 Å². The van der Waals surface area contributed by atoms with Crippen LogP contribution in [0.15, 0.2) is 22.7 Å². The number of nitrogens with one attached hydrogen (secondary N) is 1. The molecule has 0 aliphatic carbocycles. The monoisotopic (exact) mass is 289 g/mol. The van der Waals surface area contributed by atoms with Crippen molar-refractivity contribution in [3.63, 3.8) is 0 Å². The number of rotatable bonds is 4. The van der Waals surface area contributed by atoms with Crippen LogP contribution in [0.2, 0.25) is 0 Å². The standard InChI is InChI=1S/C10H12BrNO4/c11-6-1-2-8(9(15)3-6)10(16)12-7(4-13)5-14/h1-3,7,13-15H,4-5H2,(H,12,16). The SMILES string of the molecule is O=C(NC(CO)CO)c1ccc(Br)cc1O. The molecule has 1 aromatic rings. The van der Waals surface area contributed by atoms with E-state index in [1.807, 2.05) is 0 Å². The quantitative estimate of drug-likeness (QED) is 0.639. The van der Waals surface area contributed by atoms with Gasteiger partial charge in [-0.25, -0.2) is 0 Å². The molecule has 0 fully saturated rings. The molecular formula is C10H12BrNO4. The van der Waals surface area contributed by atoms with Crippen molar-refractivity contribution in [2.45, 2.75) is 6.04 Å². The van der Waals surface area contributed by atoms with E-state index >= 15 is 0 Å². The number of hydrogen-bond acceptors (Lipinski definition) is 4. The zero-order valence-electron chi connectivity index (χ0n) is 8.35. The number of phenolic OH excluding ortho intramolecular Hbond substituents is 1. The molecule has 0 heterocycles. The van der Waals surface area contributed by atoms with Crippen molar-refractivity contribution in [3.8, 4) is 5.75 Å². The molecule has 0 atom stereocenters. The molecule has 4 N–H and O–H groups in total. The number of aliphatic hydroxyl groups excluding tert-OH is 2. The van der Waals surface area contributed by atoms with E-state index in [4.69, 9.17) is 10.2 Å². The minimum Gasteiger partial charge on any atom is -0.507 e. The number of aliphatic hydroxyl groups is 2. The third-order valence-electron chi connectivity index (χ3n) is 1.98. The Morgan fingerprint density at radius 1 is 1.38 bits per heavy atom. The van der Waals surface area contributed by atoms with Gasteiger partial charge in [0.15, 0.2) is 0 Å². The van der Waals surface area contributed by atoms with Crippen LogP contribution < -0.4 is 5.32 Å². The van der Waals surface area contributed by atoms with E-state index in [-0.39, 0.29) is 24.5 Å². The van der Waals surface area contributed by atoms with Crippen LogP contribution in [0, 0.1) is 0 Å². The highest BCUT2D eigenvalue weighted by Gasteiger charge is 2.15. The van der Waals surface area contributed by atoms with E-state index < -0.39 is 11.9 Å². The van der Waals surface area contributed by atoms with Crippen LogP contribution in [0.5, 0.6) is 5.75 Å². The lowest BCUT2D eigenvalue weighted by molar-refractivity contribution is 0.0876. The van der Waals surface area contributed by atoms with Gasteiger partial charge in [0, 0.05) is 4.47 Å². The van der Waals surface area contributed by atoms with E-state index in [0.29, 0.717) is 4.47 Å². The van der Waals surface area contributed by atoms with Crippen molar-refractivity contribution in [2.75, 3.05) is 13.2 Å². The molecule has 1 rings (SSSR count). The molecule has 0 aromatic heterocycles. The Kier molecular flexibility index (Phi) is 4.72. The van der Waals surface area contributed by atoms with E-state index in [2.05, 4.69) is 21.2 Å². The van der Waals surface area contributed by atoms with Crippen LogP contribution >= 0.6 is 15.9 Å². The highest BCUT2D eigenvalue weighted by Crippen LogP contribution is 2.22. The molecular weight excluding hydrogens is 278 g/mol. The van der Waals surface area contributed by atoms with E-state index in [1.54, 1.807) is 6.07 Å². The van der Waals surface area contributed by atoms with Crippen LogP contribution in [0.3, 0.4) is 0 Å². The summed E-state index contributed by atoms with van der Waals surface area (Å²) in [6.45, 7) is -0.723.